The average molecular weight is 313 g/mol. The standard InChI is InChI=1S/C11H12BrF3O2/c12-7-9-2-1-3-10(6-9)17-5-4-16-8-11(13,14)15/h1-3,6H,4-5,7-8H2. The molecule has 0 radical (unpaired) electrons. The van der Waals surface area contributed by atoms with Gasteiger partial charge < -0.3 is 9.47 Å². The van der Waals surface area contributed by atoms with Crippen LogP contribution in [0.5, 0.6) is 5.75 Å². The van der Waals surface area contributed by atoms with Gasteiger partial charge >= 0.3 is 6.18 Å². The number of benzene rings is 1. The minimum absolute atomic E-state index is 0.0853. The lowest BCUT2D eigenvalue weighted by Gasteiger charge is -2.09. The van der Waals surface area contributed by atoms with E-state index in [2.05, 4.69) is 20.7 Å². The summed E-state index contributed by atoms with van der Waals surface area (Å²) in [4.78, 5) is 0. The van der Waals surface area contributed by atoms with Crippen molar-refractivity contribution >= 4 is 15.9 Å². The van der Waals surface area contributed by atoms with E-state index < -0.39 is 12.8 Å². The fraction of sp³-hybridized carbons (Fsp3) is 0.455. The number of rotatable bonds is 6. The molecule has 96 valence electrons. The van der Waals surface area contributed by atoms with Gasteiger partial charge in [-0.2, -0.15) is 13.2 Å². The van der Waals surface area contributed by atoms with Gasteiger partial charge in [0.25, 0.3) is 0 Å². The molecule has 0 heterocycles. The van der Waals surface area contributed by atoms with Crippen molar-refractivity contribution in [1.82, 2.24) is 0 Å². The number of hydrogen-bond donors (Lipinski definition) is 0. The number of halogens is 4. The zero-order valence-electron chi connectivity index (χ0n) is 8.97. The Hall–Kier alpha value is -0.750. The summed E-state index contributed by atoms with van der Waals surface area (Å²) in [5, 5.41) is 0.703. The summed E-state index contributed by atoms with van der Waals surface area (Å²) in [6.07, 6.45) is -4.28. The summed E-state index contributed by atoms with van der Waals surface area (Å²) in [6, 6.07) is 7.30. The first-order chi connectivity index (χ1) is 8.01. The molecule has 17 heavy (non-hydrogen) atoms. The van der Waals surface area contributed by atoms with E-state index in [0.717, 1.165) is 5.56 Å². The van der Waals surface area contributed by atoms with Gasteiger partial charge in [-0.3, -0.25) is 0 Å². The second-order valence-corrected chi connectivity index (χ2v) is 3.86. The Bertz CT molecular complexity index is 342. The molecule has 0 saturated carbocycles. The van der Waals surface area contributed by atoms with Gasteiger partial charge in [0.2, 0.25) is 0 Å². The predicted molar refractivity (Wildman–Crippen MR) is 61.4 cm³/mol. The molecule has 2 nitrogen and oxygen atoms in total. The summed E-state index contributed by atoms with van der Waals surface area (Å²) in [6.45, 7) is -1.22. The Morgan fingerprint density at radius 3 is 2.59 bits per heavy atom. The Morgan fingerprint density at radius 2 is 1.94 bits per heavy atom. The van der Waals surface area contributed by atoms with E-state index in [9.17, 15) is 13.2 Å². The summed E-state index contributed by atoms with van der Waals surface area (Å²) >= 11 is 3.30. The van der Waals surface area contributed by atoms with Crippen LogP contribution in [0.15, 0.2) is 24.3 Å². The molecular formula is C11H12BrF3O2. The molecule has 0 aliphatic rings. The van der Waals surface area contributed by atoms with Crippen molar-refractivity contribution in [2.24, 2.45) is 0 Å². The molecule has 0 spiro atoms. The first-order valence-electron chi connectivity index (χ1n) is 4.93. The Labute approximate surface area is 106 Å². The van der Waals surface area contributed by atoms with Gasteiger partial charge in [0.05, 0.1) is 6.61 Å². The predicted octanol–water partition coefficient (Wildman–Crippen LogP) is 3.54. The highest BCUT2D eigenvalue weighted by atomic mass is 79.9. The topological polar surface area (TPSA) is 18.5 Å². The third-order valence-electron chi connectivity index (χ3n) is 1.81. The average Bonchev–Trinajstić information content (AvgIpc) is 2.27. The van der Waals surface area contributed by atoms with Crippen molar-refractivity contribution in [3.63, 3.8) is 0 Å². The van der Waals surface area contributed by atoms with Crippen LogP contribution in [-0.4, -0.2) is 26.0 Å². The summed E-state index contributed by atoms with van der Waals surface area (Å²) in [5.41, 5.74) is 1.04. The minimum Gasteiger partial charge on any atom is -0.491 e. The molecule has 0 bridgehead atoms. The van der Waals surface area contributed by atoms with Crippen LogP contribution in [0.4, 0.5) is 13.2 Å². The quantitative estimate of drug-likeness (QED) is 0.591. The first-order valence-corrected chi connectivity index (χ1v) is 6.05. The van der Waals surface area contributed by atoms with Gasteiger partial charge in [-0.25, -0.2) is 0 Å². The molecule has 0 aromatic heterocycles. The Kier molecular flexibility index (Phi) is 5.77. The van der Waals surface area contributed by atoms with Crippen LogP contribution in [0.3, 0.4) is 0 Å². The molecule has 0 aliphatic carbocycles. The molecule has 1 aromatic rings. The molecule has 0 unspecified atom stereocenters. The van der Waals surface area contributed by atoms with Crippen LogP contribution < -0.4 is 4.74 Å². The van der Waals surface area contributed by atoms with E-state index in [4.69, 9.17) is 4.74 Å². The molecule has 6 heteroatoms. The fourth-order valence-corrected chi connectivity index (χ4v) is 1.47. The van der Waals surface area contributed by atoms with Crippen LogP contribution in [-0.2, 0) is 10.1 Å². The maximum Gasteiger partial charge on any atom is 0.411 e. The van der Waals surface area contributed by atoms with Crippen LogP contribution in [0.2, 0.25) is 0 Å². The maximum atomic E-state index is 11.7. The third kappa shape index (κ3) is 6.53. The maximum absolute atomic E-state index is 11.7. The highest BCUT2D eigenvalue weighted by molar-refractivity contribution is 9.08. The third-order valence-corrected chi connectivity index (χ3v) is 2.46. The Morgan fingerprint density at radius 1 is 1.18 bits per heavy atom. The van der Waals surface area contributed by atoms with Crippen LogP contribution in [0.1, 0.15) is 5.56 Å². The van der Waals surface area contributed by atoms with Crippen molar-refractivity contribution < 1.29 is 22.6 Å². The lowest BCUT2D eigenvalue weighted by Crippen LogP contribution is -2.19. The van der Waals surface area contributed by atoms with Gasteiger partial charge in [0.15, 0.2) is 0 Å². The van der Waals surface area contributed by atoms with Crippen molar-refractivity contribution in [2.75, 3.05) is 19.8 Å². The van der Waals surface area contributed by atoms with Gasteiger partial charge in [-0.05, 0) is 17.7 Å². The summed E-state index contributed by atoms with van der Waals surface area (Å²) < 4.78 is 44.9. The van der Waals surface area contributed by atoms with Crippen molar-refractivity contribution in [3.05, 3.63) is 29.8 Å². The monoisotopic (exact) mass is 312 g/mol. The molecule has 0 atom stereocenters. The molecule has 1 aromatic carbocycles. The van der Waals surface area contributed by atoms with Crippen LogP contribution >= 0.6 is 15.9 Å². The van der Waals surface area contributed by atoms with Gasteiger partial charge in [-0.15, -0.1) is 0 Å². The zero-order chi connectivity index (χ0) is 12.7. The zero-order valence-corrected chi connectivity index (χ0v) is 10.6. The van der Waals surface area contributed by atoms with Gasteiger partial charge in [0.1, 0.15) is 19.0 Å². The molecule has 0 aliphatic heterocycles. The normalized spacial score (nSPS) is 11.5. The molecule has 0 N–H and O–H groups in total. The summed E-state index contributed by atoms with van der Waals surface area (Å²) in [5.74, 6) is 0.623. The number of ether oxygens (including phenoxy) is 2. The number of alkyl halides is 4. The lowest BCUT2D eigenvalue weighted by molar-refractivity contribution is -0.175. The SMILES string of the molecule is FC(F)(F)COCCOc1cccc(CBr)c1. The van der Waals surface area contributed by atoms with Crippen molar-refractivity contribution in [1.29, 1.82) is 0 Å². The van der Waals surface area contributed by atoms with Gasteiger partial charge in [0, 0.05) is 5.33 Å². The van der Waals surface area contributed by atoms with Crippen molar-refractivity contribution in [3.8, 4) is 5.75 Å². The van der Waals surface area contributed by atoms with Crippen LogP contribution in [0, 0.1) is 0 Å². The lowest BCUT2D eigenvalue weighted by atomic mass is 10.2. The number of hydrogen-bond acceptors (Lipinski definition) is 2. The van der Waals surface area contributed by atoms with E-state index >= 15 is 0 Å². The van der Waals surface area contributed by atoms with Crippen LogP contribution in [0.25, 0.3) is 0 Å². The van der Waals surface area contributed by atoms with Crippen molar-refractivity contribution in [2.45, 2.75) is 11.5 Å². The molecule has 0 saturated heterocycles. The van der Waals surface area contributed by atoms with E-state index in [1.54, 1.807) is 6.07 Å². The minimum atomic E-state index is -4.28. The Balaban J connectivity index is 2.22. The first kappa shape index (κ1) is 14.3. The highest BCUT2D eigenvalue weighted by Crippen LogP contribution is 2.16. The van der Waals surface area contributed by atoms with E-state index in [0.29, 0.717) is 11.1 Å². The molecular weight excluding hydrogens is 301 g/mol. The molecule has 0 fully saturated rings. The van der Waals surface area contributed by atoms with E-state index in [1.165, 1.54) is 0 Å². The smallest absolute Gasteiger partial charge is 0.411 e. The van der Waals surface area contributed by atoms with E-state index in [-0.39, 0.29) is 13.2 Å². The second kappa shape index (κ2) is 6.86. The highest BCUT2D eigenvalue weighted by Gasteiger charge is 2.27. The van der Waals surface area contributed by atoms with Gasteiger partial charge in [-0.1, -0.05) is 28.1 Å². The fourth-order valence-electron chi connectivity index (χ4n) is 1.12. The molecule has 0 amide bonds. The molecule has 1 rings (SSSR count). The largest absolute Gasteiger partial charge is 0.491 e. The second-order valence-electron chi connectivity index (χ2n) is 3.30. The summed E-state index contributed by atoms with van der Waals surface area (Å²) in [7, 11) is 0. The van der Waals surface area contributed by atoms with E-state index in [1.807, 2.05) is 18.2 Å².